The van der Waals surface area contributed by atoms with Gasteiger partial charge in [-0.15, -0.1) is 0 Å². The van der Waals surface area contributed by atoms with Crippen LogP contribution in [0.4, 0.5) is 0 Å². The summed E-state index contributed by atoms with van der Waals surface area (Å²) in [7, 11) is 0. The van der Waals surface area contributed by atoms with Crippen LogP contribution in [0.5, 0.6) is 0 Å². The van der Waals surface area contributed by atoms with Gasteiger partial charge in [-0.25, -0.2) is 0 Å². The zero-order valence-corrected chi connectivity index (χ0v) is 19.2. The van der Waals surface area contributed by atoms with Crippen molar-refractivity contribution in [1.82, 2.24) is 4.98 Å². The van der Waals surface area contributed by atoms with Crippen LogP contribution in [0.3, 0.4) is 0 Å². The highest BCUT2D eigenvalue weighted by atomic mass is 14.7. The molecule has 29 heavy (non-hydrogen) atoms. The van der Waals surface area contributed by atoms with Gasteiger partial charge in [0.15, 0.2) is 0 Å². The van der Waals surface area contributed by atoms with Crippen molar-refractivity contribution in [2.24, 2.45) is 4.99 Å². The van der Waals surface area contributed by atoms with Crippen LogP contribution in [0.25, 0.3) is 17.7 Å². The van der Waals surface area contributed by atoms with Gasteiger partial charge in [-0.3, -0.25) is 4.99 Å². The number of hydrogen-bond acceptors (Lipinski definition) is 1. The SMILES string of the molecule is C=C(/C=c1/[nH]c(/C(C)=C/N=CC)c/c1=C/C)CCCc1cccc(CC)c1.CC. The van der Waals surface area contributed by atoms with Crippen molar-refractivity contribution in [2.45, 2.75) is 67.2 Å². The van der Waals surface area contributed by atoms with Crippen LogP contribution >= 0.6 is 0 Å². The van der Waals surface area contributed by atoms with E-state index in [4.69, 9.17) is 0 Å². The molecule has 0 aliphatic heterocycles. The van der Waals surface area contributed by atoms with Gasteiger partial charge in [0.25, 0.3) is 0 Å². The third kappa shape index (κ3) is 8.11. The molecule has 2 nitrogen and oxygen atoms in total. The minimum atomic E-state index is 1.00. The summed E-state index contributed by atoms with van der Waals surface area (Å²) in [5.74, 6) is 0. The summed E-state index contributed by atoms with van der Waals surface area (Å²) in [5, 5.41) is 2.33. The standard InChI is InChI=1S/C25H32N2.C2H6/c1-6-21-12-10-14-22(16-21)13-9-11-19(4)15-25-23(7-2)17-24(27-25)20(5)18-26-8-3;1-2/h7-8,10,12,14-18,27H,4,6,9,11,13H2,1-3,5H3;1-2H3/b20-18+,23-7-,25-15+,26-8?;. The summed E-state index contributed by atoms with van der Waals surface area (Å²) in [4.78, 5) is 7.72. The lowest BCUT2D eigenvalue weighted by Gasteiger charge is -2.04. The van der Waals surface area contributed by atoms with E-state index in [2.05, 4.69) is 79.8 Å². The molecule has 0 atom stereocenters. The smallest absolute Gasteiger partial charge is 0.0457 e. The molecule has 0 bridgehead atoms. The van der Waals surface area contributed by atoms with Gasteiger partial charge in [-0.1, -0.05) is 63.3 Å². The lowest BCUT2D eigenvalue weighted by molar-refractivity contribution is 0.828. The van der Waals surface area contributed by atoms with E-state index >= 15 is 0 Å². The number of nitrogens with one attached hydrogen (secondary N) is 1. The van der Waals surface area contributed by atoms with E-state index in [1.54, 1.807) is 6.21 Å². The largest absolute Gasteiger partial charge is 0.355 e. The molecule has 1 aromatic heterocycles. The molecule has 0 radical (unpaired) electrons. The van der Waals surface area contributed by atoms with Gasteiger partial charge in [0.05, 0.1) is 0 Å². The monoisotopic (exact) mass is 390 g/mol. The summed E-state index contributed by atoms with van der Waals surface area (Å²) in [6.45, 7) is 16.5. The number of hydrogen-bond donors (Lipinski definition) is 1. The Balaban J connectivity index is 0.00000204. The highest BCUT2D eigenvalue weighted by Gasteiger charge is 2.01. The van der Waals surface area contributed by atoms with E-state index in [-0.39, 0.29) is 0 Å². The number of aromatic nitrogens is 1. The maximum atomic E-state index is 4.27. The van der Waals surface area contributed by atoms with Crippen LogP contribution in [0, 0.1) is 0 Å². The predicted octanol–water partition coefficient (Wildman–Crippen LogP) is 6.21. The fourth-order valence-corrected chi connectivity index (χ4v) is 3.11. The van der Waals surface area contributed by atoms with E-state index in [0.717, 1.165) is 47.9 Å². The van der Waals surface area contributed by atoms with Gasteiger partial charge in [0.1, 0.15) is 0 Å². The Hall–Kier alpha value is -2.61. The highest BCUT2D eigenvalue weighted by molar-refractivity contribution is 5.64. The summed E-state index contributed by atoms with van der Waals surface area (Å²) >= 11 is 0. The molecule has 2 rings (SSSR count). The van der Waals surface area contributed by atoms with E-state index in [0.29, 0.717) is 0 Å². The van der Waals surface area contributed by atoms with Crippen LogP contribution in [0.15, 0.2) is 53.7 Å². The van der Waals surface area contributed by atoms with Gasteiger partial charge in [0.2, 0.25) is 0 Å². The van der Waals surface area contributed by atoms with Crippen LogP contribution in [0.1, 0.15) is 71.2 Å². The molecule has 156 valence electrons. The van der Waals surface area contributed by atoms with Crippen LogP contribution in [-0.4, -0.2) is 11.2 Å². The quantitative estimate of drug-likeness (QED) is 0.519. The normalized spacial score (nSPS) is 13.0. The van der Waals surface area contributed by atoms with Crippen LogP contribution < -0.4 is 10.6 Å². The Morgan fingerprint density at radius 3 is 2.52 bits per heavy atom. The maximum absolute atomic E-state index is 4.27. The second-order valence-corrected chi connectivity index (χ2v) is 6.89. The van der Waals surface area contributed by atoms with Crippen molar-refractivity contribution in [3.8, 4) is 0 Å². The van der Waals surface area contributed by atoms with Gasteiger partial charge in [0, 0.05) is 23.5 Å². The molecule has 0 fully saturated rings. The Morgan fingerprint density at radius 2 is 1.86 bits per heavy atom. The third-order valence-electron chi connectivity index (χ3n) is 4.74. The van der Waals surface area contributed by atoms with Crippen molar-refractivity contribution in [1.29, 1.82) is 0 Å². The lowest BCUT2D eigenvalue weighted by atomic mass is 10.0. The van der Waals surface area contributed by atoms with Crippen molar-refractivity contribution in [3.63, 3.8) is 0 Å². The van der Waals surface area contributed by atoms with Crippen molar-refractivity contribution < 1.29 is 0 Å². The Kier molecular flexibility index (Phi) is 11.4. The van der Waals surface area contributed by atoms with E-state index in [9.17, 15) is 0 Å². The minimum absolute atomic E-state index is 1.00. The molecule has 0 spiro atoms. The third-order valence-corrected chi connectivity index (χ3v) is 4.74. The second kappa shape index (κ2) is 13.5. The lowest BCUT2D eigenvalue weighted by Crippen LogP contribution is -2.21. The fraction of sp³-hybridized carbons (Fsp3) is 0.370. The molecule has 1 N–H and O–H groups in total. The zero-order chi connectivity index (χ0) is 21.6. The van der Waals surface area contributed by atoms with Gasteiger partial charge >= 0.3 is 0 Å². The van der Waals surface area contributed by atoms with E-state index < -0.39 is 0 Å². The molecular weight excluding hydrogens is 352 g/mol. The average Bonchev–Trinajstić information content (AvgIpc) is 3.16. The molecule has 0 saturated heterocycles. The first-order valence-corrected chi connectivity index (χ1v) is 10.8. The molecule has 1 aromatic carbocycles. The maximum Gasteiger partial charge on any atom is 0.0457 e. The van der Waals surface area contributed by atoms with Gasteiger partial charge < -0.3 is 4.98 Å². The number of aliphatic imine (C=N–C) groups is 1. The van der Waals surface area contributed by atoms with Crippen molar-refractivity contribution >= 4 is 23.9 Å². The van der Waals surface area contributed by atoms with Crippen LogP contribution in [-0.2, 0) is 12.8 Å². The first-order valence-electron chi connectivity index (χ1n) is 10.8. The molecule has 0 amide bonds. The zero-order valence-electron chi connectivity index (χ0n) is 19.2. The van der Waals surface area contributed by atoms with E-state index in [1.807, 2.05) is 27.0 Å². The molecule has 2 aromatic rings. The van der Waals surface area contributed by atoms with Crippen molar-refractivity contribution in [2.75, 3.05) is 0 Å². The second-order valence-electron chi connectivity index (χ2n) is 6.89. The Bertz CT molecular complexity index is 939. The fourth-order valence-electron chi connectivity index (χ4n) is 3.11. The first kappa shape index (κ1) is 24.4. The number of aryl methyl sites for hydroxylation is 2. The predicted molar refractivity (Wildman–Crippen MR) is 132 cm³/mol. The van der Waals surface area contributed by atoms with Gasteiger partial charge in [-0.05, 0) is 80.5 Å². The number of allylic oxidation sites excluding steroid dienone is 2. The minimum Gasteiger partial charge on any atom is -0.355 e. The highest BCUT2D eigenvalue weighted by Crippen LogP contribution is 2.12. The molecule has 0 saturated carbocycles. The summed E-state index contributed by atoms with van der Waals surface area (Å²) in [6, 6.07) is 11.1. The van der Waals surface area contributed by atoms with Crippen molar-refractivity contribution in [3.05, 3.63) is 76.1 Å². The van der Waals surface area contributed by atoms with Gasteiger partial charge in [-0.2, -0.15) is 0 Å². The summed E-state index contributed by atoms with van der Waals surface area (Å²) < 4.78 is 0. The molecule has 1 heterocycles. The van der Waals surface area contributed by atoms with Crippen LogP contribution in [0.2, 0.25) is 0 Å². The molecular formula is C27H38N2. The number of nitrogens with zero attached hydrogens (tertiary/aromatic N) is 1. The molecule has 2 heteroatoms. The number of benzene rings is 1. The Morgan fingerprint density at radius 1 is 1.14 bits per heavy atom. The van der Waals surface area contributed by atoms with E-state index in [1.165, 1.54) is 16.3 Å². The topological polar surface area (TPSA) is 28.1 Å². The molecule has 0 aliphatic rings. The Labute approximate surface area is 177 Å². The average molecular weight is 391 g/mol. The number of rotatable bonds is 8. The summed E-state index contributed by atoms with van der Waals surface area (Å²) in [5.41, 5.74) is 6.22. The number of H-pyrrole nitrogens is 1. The number of aromatic amines is 1. The first-order chi connectivity index (χ1) is 14.1. The molecule has 0 unspecified atom stereocenters. The summed E-state index contributed by atoms with van der Waals surface area (Å²) in [6.07, 6.45) is 12.3. The molecule has 0 aliphatic carbocycles.